The van der Waals surface area contributed by atoms with Crippen molar-refractivity contribution in [1.29, 1.82) is 0 Å². The van der Waals surface area contributed by atoms with Crippen molar-refractivity contribution in [1.82, 2.24) is 5.32 Å². The Morgan fingerprint density at radius 3 is 2.35 bits per heavy atom. The van der Waals surface area contributed by atoms with Crippen LogP contribution < -0.4 is 10.1 Å². The van der Waals surface area contributed by atoms with Gasteiger partial charge in [-0.3, -0.25) is 0 Å². The van der Waals surface area contributed by atoms with Crippen LogP contribution in [0.4, 0.5) is 0 Å². The van der Waals surface area contributed by atoms with Crippen molar-refractivity contribution < 1.29 is 13.2 Å². The number of hydrogen-bond acceptors (Lipinski definition) is 4. The average Bonchev–Trinajstić information content (AvgIpc) is 2.41. The van der Waals surface area contributed by atoms with E-state index in [-0.39, 0.29) is 4.90 Å². The van der Waals surface area contributed by atoms with Crippen LogP contribution in [0.3, 0.4) is 0 Å². The Balaban J connectivity index is 2.17. The molecular weight excluding hydrogens is 274 g/mol. The summed E-state index contributed by atoms with van der Waals surface area (Å²) in [6, 6.07) is 14.1. The van der Waals surface area contributed by atoms with Crippen molar-refractivity contribution >= 4 is 9.84 Å². The molecular formula is C15H17NO3S. The maximum atomic E-state index is 11.5. The highest BCUT2D eigenvalue weighted by molar-refractivity contribution is 7.90. The van der Waals surface area contributed by atoms with Gasteiger partial charge in [-0.25, -0.2) is 8.42 Å². The topological polar surface area (TPSA) is 55.4 Å². The van der Waals surface area contributed by atoms with Crippen LogP contribution in [-0.2, 0) is 16.4 Å². The molecule has 0 amide bonds. The predicted molar refractivity (Wildman–Crippen MR) is 78.8 cm³/mol. The van der Waals surface area contributed by atoms with Crippen LogP contribution in [0.25, 0.3) is 0 Å². The first-order valence-electron chi connectivity index (χ1n) is 6.20. The average molecular weight is 291 g/mol. The van der Waals surface area contributed by atoms with Crippen LogP contribution in [-0.4, -0.2) is 21.7 Å². The summed E-state index contributed by atoms with van der Waals surface area (Å²) >= 11 is 0. The second-order valence-corrected chi connectivity index (χ2v) is 6.54. The van der Waals surface area contributed by atoms with Gasteiger partial charge < -0.3 is 10.1 Å². The van der Waals surface area contributed by atoms with Crippen molar-refractivity contribution in [3.63, 3.8) is 0 Å². The van der Waals surface area contributed by atoms with E-state index in [0.29, 0.717) is 11.5 Å². The van der Waals surface area contributed by atoms with Gasteiger partial charge in [-0.15, -0.1) is 0 Å². The highest BCUT2D eigenvalue weighted by Crippen LogP contribution is 2.24. The second kappa shape index (κ2) is 6.07. The van der Waals surface area contributed by atoms with E-state index < -0.39 is 9.84 Å². The van der Waals surface area contributed by atoms with E-state index in [2.05, 4.69) is 5.32 Å². The minimum Gasteiger partial charge on any atom is -0.457 e. The highest BCUT2D eigenvalue weighted by atomic mass is 32.2. The van der Waals surface area contributed by atoms with Crippen LogP contribution in [0.2, 0.25) is 0 Å². The summed E-state index contributed by atoms with van der Waals surface area (Å²) < 4.78 is 28.6. The van der Waals surface area contributed by atoms with Crippen molar-refractivity contribution in [3.05, 3.63) is 54.1 Å². The van der Waals surface area contributed by atoms with Gasteiger partial charge in [0.25, 0.3) is 0 Å². The summed E-state index contributed by atoms with van der Waals surface area (Å²) in [5.74, 6) is 1.18. The molecule has 0 fully saturated rings. The number of nitrogens with one attached hydrogen (secondary N) is 1. The molecule has 106 valence electrons. The van der Waals surface area contributed by atoms with Crippen LogP contribution in [0, 0.1) is 0 Å². The molecule has 0 aromatic heterocycles. The Labute approximate surface area is 119 Å². The van der Waals surface area contributed by atoms with E-state index in [0.717, 1.165) is 12.1 Å². The molecule has 0 radical (unpaired) electrons. The monoisotopic (exact) mass is 291 g/mol. The maximum Gasteiger partial charge on any atom is 0.175 e. The fourth-order valence-corrected chi connectivity index (χ4v) is 2.44. The Kier molecular flexibility index (Phi) is 4.42. The van der Waals surface area contributed by atoms with Crippen LogP contribution in [0.1, 0.15) is 5.56 Å². The van der Waals surface area contributed by atoms with Crippen molar-refractivity contribution in [2.75, 3.05) is 13.3 Å². The number of rotatable bonds is 5. The van der Waals surface area contributed by atoms with Gasteiger partial charge in [0.2, 0.25) is 0 Å². The molecule has 20 heavy (non-hydrogen) atoms. The lowest BCUT2D eigenvalue weighted by Crippen LogP contribution is -2.04. The molecule has 0 bridgehead atoms. The Morgan fingerprint density at radius 1 is 1.05 bits per heavy atom. The number of ether oxygens (including phenoxy) is 1. The molecule has 0 atom stereocenters. The van der Waals surface area contributed by atoms with Gasteiger partial charge in [0.1, 0.15) is 11.5 Å². The first-order valence-corrected chi connectivity index (χ1v) is 8.10. The molecule has 2 aromatic carbocycles. The van der Waals surface area contributed by atoms with E-state index >= 15 is 0 Å². The fourth-order valence-electron chi connectivity index (χ4n) is 1.78. The molecule has 4 nitrogen and oxygen atoms in total. The molecule has 2 rings (SSSR count). The van der Waals surface area contributed by atoms with E-state index in [1.54, 1.807) is 18.2 Å². The zero-order chi connectivity index (χ0) is 14.6. The Bertz CT molecular complexity index is 679. The lowest BCUT2D eigenvalue weighted by Gasteiger charge is -2.08. The van der Waals surface area contributed by atoms with Crippen LogP contribution in [0.5, 0.6) is 11.5 Å². The summed E-state index contributed by atoms with van der Waals surface area (Å²) in [6.07, 6.45) is 1.18. The Hall–Kier alpha value is -1.85. The summed E-state index contributed by atoms with van der Waals surface area (Å²) in [6.45, 7) is 0.795. The Morgan fingerprint density at radius 2 is 1.75 bits per heavy atom. The molecule has 2 aromatic rings. The van der Waals surface area contributed by atoms with Crippen molar-refractivity contribution in [2.45, 2.75) is 11.4 Å². The van der Waals surface area contributed by atoms with Gasteiger partial charge in [0.05, 0.1) is 4.90 Å². The normalized spacial score (nSPS) is 11.3. The summed E-state index contributed by atoms with van der Waals surface area (Å²) in [7, 11) is -1.33. The molecule has 0 heterocycles. The van der Waals surface area contributed by atoms with Gasteiger partial charge in [0.15, 0.2) is 9.84 Å². The number of sulfone groups is 1. The molecule has 0 spiro atoms. The lowest BCUT2D eigenvalue weighted by molar-refractivity contribution is 0.480. The molecule has 0 unspecified atom stereocenters. The zero-order valence-corrected chi connectivity index (χ0v) is 12.3. The molecule has 0 aliphatic heterocycles. The van der Waals surface area contributed by atoms with E-state index in [1.807, 2.05) is 31.3 Å². The minimum absolute atomic E-state index is 0.252. The van der Waals surface area contributed by atoms with Gasteiger partial charge in [0, 0.05) is 12.8 Å². The van der Waals surface area contributed by atoms with E-state index in [4.69, 9.17) is 4.74 Å². The molecule has 5 heteroatoms. The third kappa shape index (κ3) is 3.82. The third-order valence-electron chi connectivity index (χ3n) is 2.77. The SMILES string of the molecule is CNCc1ccc(Oc2cccc(S(C)(=O)=O)c2)cc1. The van der Waals surface area contributed by atoms with Crippen LogP contribution in [0.15, 0.2) is 53.4 Å². The fraction of sp³-hybridized carbons (Fsp3) is 0.200. The standard InChI is InChI=1S/C15H17NO3S/c1-16-11-12-6-8-13(9-7-12)19-14-4-3-5-15(10-14)20(2,17)18/h3-10,16H,11H2,1-2H3. The summed E-state index contributed by atoms with van der Waals surface area (Å²) in [4.78, 5) is 0.252. The largest absolute Gasteiger partial charge is 0.457 e. The van der Waals surface area contributed by atoms with Gasteiger partial charge in [-0.1, -0.05) is 18.2 Å². The lowest BCUT2D eigenvalue weighted by atomic mass is 10.2. The predicted octanol–water partition coefficient (Wildman–Crippen LogP) is 2.60. The number of hydrogen-bond donors (Lipinski definition) is 1. The molecule has 0 aliphatic carbocycles. The maximum absolute atomic E-state index is 11.5. The first-order chi connectivity index (χ1) is 9.49. The summed E-state index contributed by atoms with van der Waals surface area (Å²) in [5, 5.41) is 3.07. The van der Waals surface area contributed by atoms with Gasteiger partial charge in [-0.05, 0) is 42.9 Å². The minimum atomic E-state index is -3.22. The molecule has 0 aliphatic rings. The number of benzene rings is 2. The zero-order valence-electron chi connectivity index (χ0n) is 11.5. The van der Waals surface area contributed by atoms with Gasteiger partial charge in [-0.2, -0.15) is 0 Å². The highest BCUT2D eigenvalue weighted by Gasteiger charge is 2.08. The van der Waals surface area contributed by atoms with Gasteiger partial charge >= 0.3 is 0 Å². The second-order valence-electron chi connectivity index (χ2n) is 4.52. The third-order valence-corrected chi connectivity index (χ3v) is 3.88. The van der Waals surface area contributed by atoms with E-state index in [9.17, 15) is 8.42 Å². The van der Waals surface area contributed by atoms with Crippen molar-refractivity contribution in [2.24, 2.45) is 0 Å². The smallest absolute Gasteiger partial charge is 0.175 e. The van der Waals surface area contributed by atoms with E-state index in [1.165, 1.54) is 12.3 Å². The summed E-state index contributed by atoms with van der Waals surface area (Å²) in [5.41, 5.74) is 1.16. The first kappa shape index (κ1) is 14.6. The van der Waals surface area contributed by atoms with Crippen molar-refractivity contribution in [3.8, 4) is 11.5 Å². The molecule has 1 N–H and O–H groups in total. The molecule has 0 saturated heterocycles. The molecule has 0 saturated carbocycles. The quantitative estimate of drug-likeness (QED) is 0.920. The van der Waals surface area contributed by atoms with Crippen LogP contribution >= 0.6 is 0 Å².